The van der Waals surface area contributed by atoms with Gasteiger partial charge in [0.25, 0.3) is 0 Å². The summed E-state index contributed by atoms with van der Waals surface area (Å²) in [5.74, 6) is 1.99. The van der Waals surface area contributed by atoms with Gasteiger partial charge in [0.2, 0.25) is 11.9 Å². The van der Waals surface area contributed by atoms with Crippen LogP contribution in [-0.4, -0.2) is 103 Å². The Balaban J connectivity index is 1.15. The van der Waals surface area contributed by atoms with E-state index in [1.165, 1.54) is 6.26 Å². The van der Waals surface area contributed by atoms with Crippen molar-refractivity contribution in [3.63, 3.8) is 0 Å². The highest BCUT2D eigenvalue weighted by molar-refractivity contribution is 7.90. The molecule has 1 aliphatic carbocycles. The molecule has 2 aromatic heterocycles. The summed E-state index contributed by atoms with van der Waals surface area (Å²) in [6.07, 6.45) is 8.73. The van der Waals surface area contributed by atoms with Crippen LogP contribution in [0.4, 0.5) is 5.95 Å². The lowest BCUT2D eigenvalue weighted by Crippen LogP contribution is -2.47. The fraction of sp³-hybridized carbons (Fsp3) is 0.556. The van der Waals surface area contributed by atoms with Crippen LogP contribution in [0.15, 0.2) is 36.7 Å². The number of amides is 1. The first-order valence-corrected chi connectivity index (χ1v) is 15.9. The largest absolute Gasteiger partial charge is 0.493 e. The quantitative estimate of drug-likeness (QED) is 0.327. The number of hydrogen-bond acceptors (Lipinski definition) is 10. The number of aromatic nitrogens is 4. The molecule has 2 aliphatic rings. The molecule has 3 aromatic rings. The van der Waals surface area contributed by atoms with E-state index in [1.54, 1.807) is 23.1 Å². The zero-order valence-electron chi connectivity index (χ0n) is 22.8. The van der Waals surface area contributed by atoms with Crippen LogP contribution in [0.1, 0.15) is 32.1 Å². The molecule has 1 amide bonds. The van der Waals surface area contributed by atoms with Gasteiger partial charge in [0, 0.05) is 43.7 Å². The lowest BCUT2D eigenvalue weighted by Gasteiger charge is -2.31. The number of benzene rings is 1. The van der Waals surface area contributed by atoms with Gasteiger partial charge >= 0.3 is 0 Å². The van der Waals surface area contributed by atoms with E-state index in [2.05, 4.69) is 25.6 Å². The molecular weight excluding hydrogens is 534 g/mol. The maximum Gasteiger partial charge on any atom is 0.234 e. The van der Waals surface area contributed by atoms with Gasteiger partial charge in [-0.25, -0.2) is 18.1 Å². The van der Waals surface area contributed by atoms with Crippen LogP contribution < -0.4 is 15.4 Å². The molecule has 2 N–H and O–H groups in total. The van der Waals surface area contributed by atoms with Crippen molar-refractivity contribution in [1.82, 2.24) is 30.0 Å². The summed E-state index contributed by atoms with van der Waals surface area (Å²) >= 11 is 0. The van der Waals surface area contributed by atoms with Gasteiger partial charge in [0.15, 0.2) is 5.82 Å². The lowest BCUT2D eigenvalue weighted by atomic mass is 9.91. The maximum absolute atomic E-state index is 12.5. The van der Waals surface area contributed by atoms with Crippen molar-refractivity contribution in [3.05, 3.63) is 36.7 Å². The topological polar surface area (TPSA) is 141 Å². The molecule has 0 spiro atoms. The Hall–Kier alpha value is -3.29. The highest BCUT2D eigenvalue weighted by atomic mass is 32.2. The monoisotopic (exact) mass is 571 g/mol. The van der Waals surface area contributed by atoms with Crippen molar-refractivity contribution in [2.24, 2.45) is 0 Å². The van der Waals surface area contributed by atoms with E-state index < -0.39 is 9.84 Å². The molecule has 13 heteroatoms. The molecule has 0 atom stereocenters. The zero-order chi connectivity index (χ0) is 28.0. The number of ether oxygens (including phenoxy) is 2. The second-order valence-electron chi connectivity index (χ2n) is 10.5. The average Bonchev–Trinajstić information content (AvgIpc) is 3.37. The predicted molar refractivity (Wildman–Crippen MR) is 152 cm³/mol. The molecule has 1 saturated heterocycles. The van der Waals surface area contributed by atoms with Crippen LogP contribution in [0.25, 0.3) is 16.7 Å². The summed E-state index contributed by atoms with van der Waals surface area (Å²) in [7, 11) is -3.02. The van der Waals surface area contributed by atoms with Crippen molar-refractivity contribution >= 4 is 32.6 Å². The van der Waals surface area contributed by atoms with E-state index in [4.69, 9.17) is 14.5 Å². The Morgan fingerprint density at radius 1 is 1.12 bits per heavy atom. The van der Waals surface area contributed by atoms with Crippen molar-refractivity contribution < 1.29 is 22.7 Å². The molecule has 1 saturated carbocycles. The van der Waals surface area contributed by atoms with Crippen LogP contribution in [0.5, 0.6) is 5.75 Å². The molecule has 0 radical (unpaired) electrons. The SMILES string of the molecule is CS(=O)(=O)CCCOc1cccc2c1cnn2-c1ccnc(NC2CCC(NC(=O)CN3CCOCC3)CC2)n1. The first-order chi connectivity index (χ1) is 19.3. The average molecular weight is 572 g/mol. The second-order valence-corrected chi connectivity index (χ2v) is 12.7. The van der Waals surface area contributed by atoms with E-state index in [9.17, 15) is 13.2 Å². The van der Waals surface area contributed by atoms with E-state index in [-0.39, 0.29) is 23.7 Å². The highest BCUT2D eigenvalue weighted by Crippen LogP contribution is 2.27. The number of carbonyl (C=O) groups is 1. The summed E-state index contributed by atoms with van der Waals surface area (Å²) in [6, 6.07) is 7.89. The van der Waals surface area contributed by atoms with Gasteiger partial charge in [-0.05, 0) is 44.2 Å². The molecule has 12 nitrogen and oxygen atoms in total. The van der Waals surface area contributed by atoms with Crippen LogP contribution in [0.2, 0.25) is 0 Å². The molecule has 1 aliphatic heterocycles. The van der Waals surface area contributed by atoms with E-state index >= 15 is 0 Å². The number of fused-ring (bicyclic) bond motifs is 1. The standard InChI is InChI=1S/C27H37N7O5S/c1-40(36,37)17-3-14-39-24-5-2-4-23-22(24)18-29-34(23)25-10-11-28-27(32-25)31-21-8-6-20(7-9-21)30-26(35)19-33-12-15-38-16-13-33/h2,4-5,10-11,18,20-21H,3,6-9,12-17,19H2,1H3,(H,30,35)(H,28,31,32). The van der Waals surface area contributed by atoms with Crippen molar-refractivity contribution in [1.29, 1.82) is 0 Å². The number of nitrogens with zero attached hydrogens (tertiary/aromatic N) is 5. The van der Waals surface area contributed by atoms with E-state index in [0.717, 1.165) is 49.7 Å². The molecule has 5 rings (SSSR count). The molecule has 1 aromatic carbocycles. The molecule has 2 fully saturated rings. The van der Waals surface area contributed by atoms with Gasteiger partial charge in [0.05, 0.1) is 49.2 Å². The molecule has 0 unspecified atom stereocenters. The number of hydrogen-bond donors (Lipinski definition) is 2. The summed E-state index contributed by atoms with van der Waals surface area (Å²) in [4.78, 5) is 23.7. The minimum atomic E-state index is -3.02. The number of morpholine rings is 1. The molecule has 40 heavy (non-hydrogen) atoms. The zero-order valence-corrected chi connectivity index (χ0v) is 23.6. The van der Waals surface area contributed by atoms with Crippen molar-refractivity contribution in [2.45, 2.75) is 44.2 Å². The van der Waals surface area contributed by atoms with Crippen LogP contribution in [-0.2, 0) is 19.4 Å². The normalized spacial score (nSPS) is 20.3. The van der Waals surface area contributed by atoms with Gasteiger partial charge < -0.3 is 20.1 Å². The van der Waals surface area contributed by atoms with Gasteiger partial charge in [-0.15, -0.1) is 0 Å². The second kappa shape index (κ2) is 12.9. The minimum Gasteiger partial charge on any atom is -0.493 e. The van der Waals surface area contributed by atoms with Gasteiger partial charge in [-0.1, -0.05) is 6.07 Å². The Morgan fingerprint density at radius 2 is 1.90 bits per heavy atom. The summed E-state index contributed by atoms with van der Waals surface area (Å²) < 4.78 is 35.7. The molecule has 216 valence electrons. The number of rotatable bonds is 11. The third kappa shape index (κ3) is 7.67. The van der Waals surface area contributed by atoms with Gasteiger partial charge in [-0.3, -0.25) is 9.69 Å². The van der Waals surface area contributed by atoms with Crippen LogP contribution in [0.3, 0.4) is 0 Å². The molecule has 0 bridgehead atoms. The van der Waals surface area contributed by atoms with Crippen LogP contribution in [0, 0.1) is 0 Å². The number of carbonyl (C=O) groups excluding carboxylic acids is 1. The maximum atomic E-state index is 12.5. The number of sulfone groups is 1. The Kier molecular flexibility index (Phi) is 9.12. The van der Waals surface area contributed by atoms with Crippen LogP contribution >= 0.6 is 0 Å². The molecule has 3 heterocycles. The Bertz CT molecular complexity index is 1400. The van der Waals surface area contributed by atoms with Crippen molar-refractivity contribution in [3.8, 4) is 11.6 Å². The first-order valence-electron chi connectivity index (χ1n) is 13.8. The fourth-order valence-corrected chi connectivity index (χ4v) is 5.82. The van der Waals surface area contributed by atoms with Gasteiger partial charge in [0.1, 0.15) is 15.6 Å². The predicted octanol–water partition coefficient (Wildman–Crippen LogP) is 1.80. The fourth-order valence-electron chi connectivity index (χ4n) is 5.17. The number of anilines is 1. The van der Waals surface area contributed by atoms with E-state index in [1.807, 2.05) is 18.2 Å². The smallest absolute Gasteiger partial charge is 0.234 e. The molecular formula is C27H37N7O5S. The first kappa shape index (κ1) is 28.2. The Morgan fingerprint density at radius 3 is 2.67 bits per heavy atom. The van der Waals surface area contributed by atoms with Crippen molar-refractivity contribution in [2.75, 3.05) is 56.8 Å². The lowest BCUT2D eigenvalue weighted by molar-refractivity contribution is -0.124. The van der Waals surface area contributed by atoms with E-state index in [0.29, 0.717) is 50.3 Å². The third-order valence-corrected chi connectivity index (χ3v) is 8.28. The van der Waals surface area contributed by atoms with Gasteiger partial charge in [-0.2, -0.15) is 10.1 Å². The summed E-state index contributed by atoms with van der Waals surface area (Å²) in [5, 5.41) is 12.0. The number of nitrogens with one attached hydrogen (secondary N) is 2. The summed E-state index contributed by atoms with van der Waals surface area (Å²) in [5.41, 5.74) is 0.832. The summed E-state index contributed by atoms with van der Waals surface area (Å²) in [6.45, 7) is 3.72. The third-order valence-electron chi connectivity index (χ3n) is 7.24. The Labute approximate surface area is 234 Å². The highest BCUT2D eigenvalue weighted by Gasteiger charge is 2.24. The minimum absolute atomic E-state index is 0.0863.